The Bertz CT molecular complexity index is 1020. The number of nitrogens with one attached hydrogen (secondary N) is 2. The van der Waals surface area contributed by atoms with Crippen LogP contribution in [0.15, 0.2) is 29.6 Å². The molecule has 1 atom stereocenters. The van der Waals surface area contributed by atoms with E-state index in [-0.39, 0.29) is 16.3 Å². The predicted molar refractivity (Wildman–Crippen MR) is 99.8 cm³/mol. The molecule has 0 bridgehead atoms. The van der Waals surface area contributed by atoms with E-state index in [0.717, 1.165) is 17.4 Å². The maximum atomic E-state index is 12.7. The Balaban J connectivity index is 1.99. The number of nitro benzene ring substituents is 1. The maximum Gasteiger partial charge on any atom is 0.416 e. The fourth-order valence-electron chi connectivity index (χ4n) is 2.19. The summed E-state index contributed by atoms with van der Waals surface area (Å²) in [5, 5.41) is 26.6. The smallest absolute Gasteiger partial charge is 0.416 e. The summed E-state index contributed by atoms with van der Waals surface area (Å²) in [6.45, 7) is 0.567. The van der Waals surface area contributed by atoms with E-state index in [1.807, 2.05) is 6.07 Å². The lowest BCUT2D eigenvalue weighted by Crippen LogP contribution is -2.31. The Kier molecular flexibility index (Phi) is 6.96. The number of thiophene rings is 1. The molecule has 0 saturated carbocycles. The van der Waals surface area contributed by atoms with Crippen LogP contribution in [0.5, 0.6) is 0 Å². The summed E-state index contributed by atoms with van der Waals surface area (Å²) in [6.07, 6.45) is -4.77. The average molecular weight is 442 g/mol. The quantitative estimate of drug-likeness (QED) is 0.380. The van der Waals surface area contributed by atoms with Gasteiger partial charge in [-0.2, -0.15) is 18.4 Å². The largest absolute Gasteiger partial charge is 0.454 e. The minimum absolute atomic E-state index is 0.240. The van der Waals surface area contributed by atoms with Gasteiger partial charge in [0.25, 0.3) is 11.6 Å². The average Bonchev–Trinajstić information content (AvgIpc) is 3.12. The molecule has 30 heavy (non-hydrogen) atoms. The molecular formula is C17H13F3N4O5S. The zero-order valence-corrected chi connectivity index (χ0v) is 16.0. The van der Waals surface area contributed by atoms with Crippen molar-refractivity contribution in [3.8, 4) is 6.07 Å². The third-order valence-corrected chi connectivity index (χ3v) is 4.46. The molecule has 0 radical (unpaired) electrons. The molecule has 2 N–H and O–H groups in total. The van der Waals surface area contributed by atoms with E-state index < -0.39 is 46.9 Å². The van der Waals surface area contributed by atoms with Gasteiger partial charge in [0.05, 0.1) is 16.1 Å². The summed E-state index contributed by atoms with van der Waals surface area (Å²) in [6, 6.07) is 3.98. The second-order valence-electron chi connectivity index (χ2n) is 5.78. The summed E-state index contributed by atoms with van der Waals surface area (Å²) in [5.41, 5.74) is -2.16. The fraction of sp³-hybridized carbons (Fsp3) is 0.235. The molecular weight excluding hydrogens is 429 g/mol. The maximum absolute atomic E-state index is 12.7. The molecule has 1 heterocycles. The highest BCUT2D eigenvalue weighted by Gasteiger charge is 2.33. The number of nitrogens with zero attached hydrogens (tertiary/aromatic N) is 2. The molecule has 13 heteroatoms. The number of anilines is 2. The lowest BCUT2D eigenvalue weighted by Gasteiger charge is -2.15. The Hall–Kier alpha value is -3.66. The summed E-state index contributed by atoms with van der Waals surface area (Å²) >= 11 is 1.10. The van der Waals surface area contributed by atoms with Crippen LogP contribution in [-0.2, 0) is 20.5 Å². The normalized spacial score (nSPS) is 11.8. The first kappa shape index (κ1) is 22.6. The Morgan fingerprint density at radius 2 is 2.07 bits per heavy atom. The van der Waals surface area contributed by atoms with Crippen molar-refractivity contribution in [2.45, 2.75) is 19.1 Å². The van der Waals surface area contributed by atoms with Crippen molar-refractivity contribution in [1.29, 1.82) is 5.26 Å². The number of hydrogen-bond acceptors (Lipinski definition) is 8. The van der Waals surface area contributed by atoms with Gasteiger partial charge < -0.3 is 15.4 Å². The summed E-state index contributed by atoms with van der Waals surface area (Å²) in [7, 11) is 0. The number of alkyl halides is 3. The number of carbonyl (C=O) groups is 2. The second-order valence-corrected chi connectivity index (χ2v) is 6.70. The third kappa shape index (κ3) is 5.67. The van der Waals surface area contributed by atoms with Gasteiger partial charge >= 0.3 is 12.1 Å². The van der Waals surface area contributed by atoms with Crippen LogP contribution >= 0.6 is 11.3 Å². The van der Waals surface area contributed by atoms with Crippen LogP contribution in [0.4, 0.5) is 29.5 Å². The predicted octanol–water partition coefficient (Wildman–Crippen LogP) is 3.53. The number of nitro groups is 1. The zero-order chi connectivity index (χ0) is 22.5. The molecule has 0 aliphatic carbocycles. The highest BCUT2D eigenvalue weighted by atomic mass is 32.1. The van der Waals surface area contributed by atoms with Gasteiger partial charge in [0.2, 0.25) is 0 Å². The van der Waals surface area contributed by atoms with Crippen LogP contribution in [0.1, 0.15) is 18.1 Å². The van der Waals surface area contributed by atoms with Gasteiger partial charge in [-0.3, -0.25) is 14.9 Å². The lowest BCUT2D eigenvalue weighted by molar-refractivity contribution is -0.384. The van der Waals surface area contributed by atoms with E-state index >= 15 is 0 Å². The highest BCUT2D eigenvalue weighted by molar-refractivity contribution is 7.14. The molecule has 1 aromatic carbocycles. The topological polar surface area (TPSA) is 134 Å². The minimum Gasteiger partial charge on any atom is -0.454 e. The van der Waals surface area contributed by atoms with Crippen molar-refractivity contribution in [3.05, 3.63) is 50.9 Å². The molecule has 0 aliphatic rings. The number of ether oxygens (including phenoxy) is 1. The van der Waals surface area contributed by atoms with Crippen LogP contribution < -0.4 is 10.6 Å². The number of carbonyl (C=O) groups excluding carboxylic acids is 2. The van der Waals surface area contributed by atoms with Crippen LogP contribution in [0.2, 0.25) is 0 Å². The van der Waals surface area contributed by atoms with Gasteiger partial charge in [-0.05, 0) is 30.5 Å². The number of nitriles is 1. The lowest BCUT2D eigenvalue weighted by atomic mass is 10.1. The number of halogens is 3. The van der Waals surface area contributed by atoms with E-state index in [2.05, 4.69) is 10.6 Å². The minimum atomic E-state index is -4.77. The molecule has 9 nitrogen and oxygen atoms in total. The first-order valence-corrected chi connectivity index (χ1v) is 8.97. The van der Waals surface area contributed by atoms with Crippen molar-refractivity contribution in [2.75, 3.05) is 17.2 Å². The fourth-order valence-corrected chi connectivity index (χ4v) is 2.95. The van der Waals surface area contributed by atoms with Gasteiger partial charge in [-0.25, -0.2) is 4.79 Å². The second kappa shape index (κ2) is 9.23. The standard InChI is InChI=1S/C17H13F3N4O5S/c1-9(16(26)29-8-14(25)23-15-10(7-21)4-5-30-15)22-12-3-2-11(17(18,19)20)6-13(12)24(27)28/h2-6,9,22H,8H2,1H3,(H,23,25). The van der Waals surface area contributed by atoms with Crippen LogP contribution in [0.25, 0.3) is 0 Å². The van der Waals surface area contributed by atoms with Crippen molar-refractivity contribution in [2.24, 2.45) is 0 Å². The van der Waals surface area contributed by atoms with E-state index in [4.69, 9.17) is 10.00 Å². The van der Waals surface area contributed by atoms with Crippen molar-refractivity contribution >= 4 is 39.6 Å². The van der Waals surface area contributed by atoms with Gasteiger partial charge in [0.1, 0.15) is 22.8 Å². The van der Waals surface area contributed by atoms with E-state index in [1.54, 1.807) is 5.38 Å². The van der Waals surface area contributed by atoms with Crippen LogP contribution in [0, 0.1) is 21.4 Å². The number of rotatable bonds is 7. The number of hydrogen-bond donors (Lipinski definition) is 2. The molecule has 2 rings (SSSR count). The molecule has 2 aromatic rings. The first-order valence-electron chi connectivity index (χ1n) is 8.09. The molecule has 0 saturated heterocycles. The molecule has 1 unspecified atom stereocenters. The van der Waals surface area contributed by atoms with E-state index in [0.29, 0.717) is 12.1 Å². The van der Waals surface area contributed by atoms with Crippen molar-refractivity contribution in [1.82, 2.24) is 0 Å². The summed E-state index contributed by atoms with van der Waals surface area (Å²) in [5.74, 6) is -1.68. The van der Waals surface area contributed by atoms with Crippen molar-refractivity contribution in [3.63, 3.8) is 0 Å². The molecule has 0 aliphatic heterocycles. The first-order chi connectivity index (χ1) is 14.0. The highest BCUT2D eigenvalue weighted by Crippen LogP contribution is 2.35. The van der Waals surface area contributed by atoms with Gasteiger partial charge in [-0.15, -0.1) is 11.3 Å². The Labute approximate surface area is 171 Å². The number of benzene rings is 1. The van der Waals surface area contributed by atoms with Crippen molar-refractivity contribution < 1.29 is 32.4 Å². The van der Waals surface area contributed by atoms with Gasteiger partial charge in [0.15, 0.2) is 6.61 Å². The monoisotopic (exact) mass is 442 g/mol. The summed E-state index contributed by atoms with van der Waals surface area (Å²) < 4.78 is 43.0. The molecule has 1 amide bonds. The molecule has 1 aromatic heterocycles. The van der Waals surface area contributed by atoms with Crippen LogP contribution in [-0.4, -0.2) is 29.4 Å². The third-order valence-electron chi connectivity index (χ3n) is 3.63. The van der Waals surface area contributed by atoms with Gasteiger partial charge in [0, 0.05) is 6.07 Å². The Morgan fingerprint density at radius 1 is 1.37 bits per heavy atom. The van der Waals surface area contributed by atoms with E-state index in [1.165, 1.54) is 13.0 Å². The molecule has 158 valence electrons. The zero-order valence-electron chi connectivity index (χ0n) is 15.1. The summed E-state index contributed by atoms with van der Waals surface area (Å²) in [4.78, 5) is 33.9. The number of amides is 1. The Morgan fingerprint density at radius 3 is 2.67 bits per heavy atom. The molecule has 0 spiro atoms. The van der Waals surface area contributed by atoms with Gasteiger partial charge in [-0.1, -0.05) is 0 Å². The molecule has 0 fully saturated rings. The SMILES string of the molecule is CC(Nc1ccc(C(F)(F)F)cc1[N+](=O)[O-])C(=O)OCC(=O)Nc1sccc1C#N. The van der Waals surface area contributed by atoms with Crippen LogP contribution in [0.3, 0.4) is 0 Å². The van der Waals surface area contributed by atoms with E-state index in [9.17, 15) is 32.9 Å². The number of esters is 1.